The predicted octanol–water partition coefficient (Wildman–Crippen LogP) is 1.45. The molecule has 0 saturated heterocycles. The number of aldehydes is 1. The number of aliphatic hydroxyl groups is 1. The first kappa shape index (κ1) is 10.6. The highest BCUT2D eigenvalue weighted by molar-refractivity contribution is 6.02. The first-order valence-corrected chi connectivity index (χ1v) is 4.27. The van der Waals surface area contributed by atoms with Crippen molar-refractivity contribution in [2.75, 3.05) is 0 Å². The lowest BCUT2D eigenvalue weighted by atomic mass is 9.96. The summed E-state index contributed by atoms with van der Waals surface area (Å²) in [5, 5.41) is 9.47. The molecule has 3 nitrogen and oxygen atoms in total. The number of rotatable bonds is 3. The van der Waals surface area contributed by atoms with Crippen molar-refractivity contribution in [3.05, 3.63) is 35.4 Å². The molecular formula is C11H12O3. The van der Waals surface area contributed by atoms with Gasteiger partial charge in [-0.05, 0) is 19.9 Å². The third-order valence-electron chi connectivity index (χ3n) is 1.84. The van der Waals surface area contributed by atoms with E-state index in [9.17, 15) is 14.7 Å². The maximum Gasteiger partial charge on any atom is 0.193 e. The molecule has 0 unspecified atom stereocenters. The second-order valence-corrected chi connectivity index (χ2v) is 3.63. The lowest BCUT2D eigenvalue weighted by Crippen LogP contribution is -2.31. The molecule has 1 aromatic rings. The van der Waals surface area contributed by atoms with Gasteiger partial charge in [0.15, 0.2) is 5.78 Å². The topological polar surface area (TPSA) is 54.4 Å². The van der Waals surface area contributed by atoms with E-state index in [4.69, 9.17) is 0 Å². The Morgan fingerprint density at radius 3 is 2.57 bits per heavy atom. The van der Waals surface area contributed by atoms with E-state index in [1.807, 2.05) is 0 Å². The number of carbonyl (C=O) groups excluding carboxylic acids is 2. The van der Waals surface area contributed by atoms with Crippen LogP contribution in [0.1, 0.15) is 34.6 Å². The van der Waals surface area contributed by atoms with Crippen molar-refractivity contribution in [3.8, 4) is 0 Å². The molecule has 1 rings (SSSR count). The van der Waals surface area contributed by atoms with Crippen molar-refractivity contribution in [2.45, 2.75) is 19.4 Å². The average molecular weight is 192 g/mol. The molecule has 74 valence electrons. The molecule has 0 bridgehead atoms. The van der Waals surface area contributed by atoms with Crippen molar-refractivity contribution in [2.24, 2.45) is 0 Å². The molecule has 0 fully saturated rings. The Hall–Kier alpha value is -1.48. The summed E-state index contributed by atoms with van der Waals surface area (Å²) in [4.78, 5) is 22.0. The summed E-state index contributed by atoms with van der Waals surface area (Å²) in [6.07, 6.45) is 0.668. The van der Waals surface area contributed by atoms with Crippen LogP contribution in [-0.2, 0) is 0 Å². The SMILES string of the molecule is CC(C)(O)C(=O)c1cccc(C=O)c1. The molecule has 0 spiro atoms. The summed E-state index contributed by atoms with van der Waals surface area (Å²) >= 11 is 0. The van der Waals surface area contributed by atoms with Crippen molar-refractivity contribution in [3.63, 3.8) is 0 Å². The van der Waals surface area contributed by atoms with Crippen LogP contribution in [0.25, 0.3) is 0 Å². The predicted molar refractivity (Wildman–Crippen MR) is 52.5 cm³/mol. The van der Waals surface area contributed by atoms with Gasteiger partial charge in [0.2, 0.25) is 0 Å². The highest BCUT2D eigenvalue weighted by atomic mass is 16.3. The molecule has 0 saturated carbocycles. The van der Waals surface area contributed by atoms with E-state index in [1.165, 1.54) is 19.9 Å². The van der Waals surface area contributed by atoms with Crippen LogP contribution in [-0.4, -0.2) is 22.8 Å². The van der Waals surface area contributed by atoms with Gasteiger partial charge in [0.1, 0.15) is 11.9 Å². The standard InChI is InChI=1S/C11H12O3/c1-11(2,14)10(13)9-5-3-4-8(6-9)7-12/h3-7,14H,1-2H3. The largest absolute Gasteiger partial charge is 0.382 e. The maximum atomic E-state index is 11.6. The Labute approximate surface area is 82.4 Å². The summed E-state index contributed by atoms with van der Waals surface area (Å²) in [5.41, 5.74) is -0.621. The zero-order valence-electron chi connectivity index (χ0n) is 8.15. The van der Waals surface area contributed by atoms with Crippen LogP contribution in [0, 0.1) is 0 Å². The molecule has 0 radical (unpaired) electrons. The van der Waals surface area contributed by atoms with Gasteiger partial charge >= 0.3 is 0 Å². The van der Waals surface area contributed by atoms with Gasteiger partial charge in [-0.2, -0.15) is 0 Å². The van der Waals surface area contributed by atoms with E-state index in [1.54, 1.807) is 18.2 Å². The zero-order valence-corrected chi connectivity index (χ0v) is 8.15. The lowest BCUT2D eigenvalue weighted by molar-refractivity contribution is 0.0488. The van der Waals surface area contributed by atoms with E-state index in [0.29, 0.717) is 17.4 Å². The second-order valence-electron chi connectivity index (χ2n) is 3.63. The van der Waals surface area contributed by atoms with Crippen molar-refractivity contribution in [1.82, 2.24) is 0 Å². The highest BCUT2D eigenvalue weighted by Gasteiger charge is 2.24. The van der Waals surface area contributed by atoms with Crippen LogP contribution in [0.2, 0.25) is 0 Å². The fourth-order valence-corrected chi connectivity index (χ4v) is 1.11. The highest BCUT2D eigenvalue weighted by Crippen LogP contribution is 2.13. The molecule has 0 aliphatic carbocycles. The van der Waals surface area contributed by atoms with Crippen LogP contribution in [0.5, 0.6) is 0 Å². The molecule has 0 amide bonds. The molecule has 1 aromatic carbocycles. The van der Waals surface area contributed by atoms with Gasteiger partial charge < -0.3 is 5.11 Å². The summed E-state index contributed by atoms with van der Waals surface area (Å²) in [6, 6.07) is 6.26. The smallest absolute Gasteiger partial charge is 0.193 e. The van der Waals surface area contributed by atoms with E-state index in [-0.39, 0.29) is 5.78 Å². The van der Waals surface area contributed by atoms with Crippen LogP contribution >= 0.6 is 0 Å². The molecule has 1 N–H and O–H groups in total. The van der Waals surface area contributed by atoms with Crippen molar-refractivity contribution in [1.29, 1.82) is 0 Å². The molecular weight excluding hydrogens is 180 g/mol. The molecule has 0 atom stereocenters. The number of hydrogen-bond donors (Lipinski definition) is 1. The van der Waals surface area contributed by atoms with Gasteiger partial charge in [0, 0.05) is 11.1 Å². The maximum absolute atomic E-state index is 11.6. The van der Waals surface area contributed by atoms with E-state index >= 15 is 0 Å². The minimum Gasteiger partial charge on any atom is -0.382 e. The van der Waals surface area contributed by atoms with Crippen LogP contribution < -0.4 is 0 Å². The lowest BCUT2D eigenvalue weighted by Gasteiger charge is -2.15. The summed E-state index contributed by atoms with van der Waals surface area (Å²) in [7, 11) is 0. The molecule has 0 aromatic heterocycles. The van der Waals surface area contributed by atoms with Gasteiger partial charge in [0.05, 0.1) is 0 Å². The second kappa shape index (κ2) is 3.72. The molecule has 14 heavy (non-hydrogen) atoms. The quantitative estimate of drug-likeness (QED) is 0.582. The zero-order chi connectivity index (χ0) is 10.8. The number of Topliss-reactive ketones (excluding diaryl/α,β-unsaturated/α-hetero) is 1. The van der Waals surface area contributed by atoms with Gasteiger partial charge in [-0.1, -0.05) is 18.2 Å². The fourth-order valence-electron chi connectivity index (χ4n) is 1.11. The van der Waals surface area contributed by atoms with Gasteiger partial charge in [-0.3, -0.25) is 9.59 Å². The van der Waals surface area contributed by atoms with Gasteiger partial charge in [0.25, 0.3) is 0 Å². The summed E-state index contributed by atoms with van der Waals surface area (Å²) < 4.78 is 0. The minimum atomic E-state index is -1.40. The number of carbonyl (C=O) groups is 2. The van der Waals surface area contributed by atoms with Crippen molar-refractivity contribution < 1.29 is 14.7 Å². The number of ketones is 1. The Balaban J connectivity index is 3.08. The average Bonchev–Trinajstić information content (AvgIpc) is 2.15. The van der Waals surface area contributed by atoms with Gasteiger partial charge in [-0.25, -0.2) is 0 Å². The van der Waals surface area contributed by atoms with Gasteiger partial charge in [-0.15, -0.1) is 0 Å². The number of benzene rings is 1. The van der Waals surface area contributed by atoms with E-state index in [0.717, 1.165) is 0 Å². The molecule has 0 aliphatic heterocycles. The van der Waals surface area contributed by atoms with Crippen LogP contribution in [0.4, 0.5) is 0 Å². The van der Waals surface area contributed by atoms with E-state index < -0.39 is 5.60 Å². The molecule has 0 heterocycles. The van der Waals surface area contributed by atoms with Crippen LogP contribution in [0.3, 0.4) is 0 Å². The normalized spacial score (nSPS) is 11.1. The summed E-state index contributed by atoms with van der Waals surface area (Å²) in [6.45, 7) is 2.84. The third kappa shape index (κ3) is 2.26. The minimum absolute atomic E-state index is 0.349. The summed E-state index contributed by atoms with van der Waals surface area (Å²) in [5.74, 6) is -0.388. The Morgan fingerprint density at radius 1 is 1.43 bits per heavy atom. The van der Waals surface area contributed by atoms with Crippen molar-refractivity contribution >= 4 is 12.1 Å². The third-order valence-corrected chi connectivity index (χ3v) is 1.84. The Bertz CT molecular complexity index is 361. The fraction of sp³-hybridized carbons (Fsp3) is 0.273. The Kier molecular flexibility index (Phi) is 2.81. The molecule has 3 heteroatoms. The molecule has 0 aliphatic rings. The van der Waals surface area contributed by atoms with E-state index in [2.05, 4.69) is 0 Å². The number of hydrogen-bond acceptors (Lipinski definition) is 3. The first-order chi connectivity index (χ1) is 6.45. The van der Waals surface area contributed by atoms with Crippen LogP contribution in [0.15, 0.2) is 24.3 Å². The Morgan fingerprint density at radius 2 is 2.07 bits per heavy atom. The monoisotopic (exact) mass is 192 g/mol. The first-order valence-electron chi connectivity index (χ1n) is 4.27.